The van der Waals surface area contributed by atoms with Crippen LogP contribution < -0.4 is 0 Å². The summed E-state index contributed by atoms with van der Waals surface area (Å²) in [4.78, 5) is 0. The van der Waals surface area contributed by atoms with E-state index in [0.717, 1.165) is 0 Å². The molecule has 0 heterocycles. The summed E-state index contributed by atoms with van der Waals surface area (Å²) in [6.45, 7) is 0. The maximum atomic E-state index is 9.19. The van der Waals surface area contributed by atoms with Crippen LogP contribution in [0.4, 0.5) is 0 Å². The Morgan fingerprint density at radius 1 is 1.43 bits per heavy atom. The molecule has 6 heteroatoms. The van der Waals surface area contributed by atoms with Gasteiger partial charge in [-0.15, -0.1) is 0 Å². The van der Waals surface area contributed by atoms with Gasteiger partial charge in [0.05, 0.1) is 6.26 Å². The molecular weight excluding hydrogens is 414 g/mol. The van der Waals surface area contributed by atoms with E-state index in [2.05, 4.69) is 0 Å². The summed E-state index contributed by atoms with van der Waals surface area (Å²) in [5.74, 6) is 0. The van der Waals surface area contributed by atoms with Crippen molar-refractivity contribution < 1.29 is 13.0 Å². The van der Waals surface area contributed by atoms with Gasteiger partial charge in [0.2, 0.25) is 0 Å². The second-order valence-electron chi connectivity index (χ2n) is 0.733. The fraction of sp³-hybridized carbons (Fsp3) is 1.00. The van der Waals surface area contributed by atoms with E-state index in [1.165, 1.54) is 0 Å². The molecule has 0 aromatic carbocycles. The van der Waals surface area contributed by atoms with Crippen LogP contribution in [0.1, 0.15) is 0 Å². The Morgan fingerprint density at radius 3 is 1.43 bits per heavy atom. The van der Waals surface area contributed by atoms with Crippen molar-refractivity contribution in [1.29, 1.82) is 0 Å². The molecule has 0 aliphatic carbocycles. The van der Waals surface area contributed by atoms with Crippen LogP contribution in [0.25, 0.3) is 0 Å². The van der Waals surface area contributed by atoms with Crippen LogP contribution in [0.2, 0.25) is 0 Å². The van der Waals surface area contributed by atoms with Crippen molar-refractivity contribution >= 4 is 63.3 Å². The molecule has 0 bridgehead atoms. The van der Waals surface area contributed by atoms with E-state index in [1.54, 1.807) is 0 Å². The molecule has 7 heavy (non-hydrogen) atoms. The molecule has 7 radical (unpaired) electrons. The second kappa shape index (κ2) is 5.83. The maximum Gasteiger partial charge on any atom is 0.261 e. The first-order valence-electron chi connectivity index (χ1n) is 0.924. The first kappa shape index (κ1) is 15.9. The standard InChI is InChI=1S/CH4O3S.In.Pb/c1-5(2,3)4;;/h1H3,(H,2,3,4);;. The van der Waals surface area contributed by atoms with E-state index in [1.807, 2.05) is 0 Å². The smallest absolute Gasteiger partial charge is 0.261 e. The summed E-state index contributed by atoms with van der Waals surface area (Å²) in [5, 5.41) is 0. The van der Waals surface area contributed by atoms with Crippen LogP contribution in [0.3, 0.4) is 0 Å². The van der Waals surface area contributed by atoms with Gasteiger partial charge in [0.15, 0.2) is 0 Å². The van der Waals surface area contributed by atoms with E-state index in [9.17, 15) is 8.42 Å². The predicted octanol–water partition coefficient (Wildman–Crippen LogP) is -1.26. The molecular formula is CH4InO3PbS. The average molecular weight is 418 g/mol. The van der Waals surface area contributed by atoms with Gasteiger partial charge in [-0.3, -0.25) is 4.55 Å². The first-order chi connectivity index (χ1) is 2.00. The van der Waals surface area contributed by atoms with Gasteiger partial charge in [-0.1, -0.05) is 0 Å². The number of hydrogen-bond acceptors (Lipinski definition) is 2. The van der Waals surface area contributed by atoms with Crippen LogP contribution in [0.15, 0.2) is 0 Å². The van der Waals surface area contributed by atoms with Crippen LogP contribution in [-0.2, 0) is 10.1 Å². The van der Waals surface area contributed by atoms with Crippen molar-refractivity contribution in [3.8, 4) is 0 Å². The van der Waals surface area contributed by atoms with Gasteiger partial charge in [0, 0.05) is 53.1 Å². The van der Waals surface area contributed by atoms with Crippen LogP contribution >= 0.6 is 0 Å². The Morgan fingerprint density at radius 2 is 1.43 bits per heavy atom. The molecule has 0 amide bonds. The molecule has 0 aliphatic rings. The van der Waals surface area contributed by atoms with E-state index in [0.29, 0.717) is 6.26 Å². The van der Waals surface area contributed by atoms with Crippen molar-refractivity contribution in [3.05, 3.63) is 0 Å². The van der Waals surface area contributed by atoms with Crippen molar-refractivity contribution in [1.82, 2.24) is 0 Å². The average Bonchev–Trinajstić information content (AvgIpc) is 0.722. The third-order valence-corrected chi connectivity index (χ3v) is 0. The molecule has 0 saturated carbocycles. The third-order valence-electron chi connectivity index (χ3n) is 0. The number of rotatable bonds is 0. The minimum Gasteiger partial charge on any atom is -0.286 e. The van der Waals surface area contributed by atoms with Gasteiger partial charge >= 0.3 is 0 Å². The van der Waals surface area contributed by atoms with E-state index in [4.69, 9.17) is 4.55 Å². The van der Waals surface area contributed by atoms with Gasteiger partial charge < -0.3 is 0 Å². The maximum absolute atomic E-state index is 9.19. The molecule has 0 saturated heterocycles. The summed E-state index contributed by atoms with van der Waals surface area (Å²) >= 11 is 0. The molecule has 0 spiro atoms. The van der Waals surface area contributed by atoms with Gasteiger partial charge in [-0.25, -0.2) is 0 Å². The quantitative estimate of drug-likeness (QED) is 0.395. The van der Waals surface area contributed by atoms with Gasteiger partial charge in [0.25, 0.3) is 10.1 Å². The van der Waals surface area contributed by atoms with Gasteiger partial charge in [-0.05, 0) is 0 Å². The Bertz CT molecular complexity index is 98.1. The van der Waals surface area contributed by atoms with Crippen molar-refractivity contribution in [2.45, 2.75) is 0 Å². The molecule has 0 aromatic heterocycles. The first-order valence-corrected chi connectivity index (χ1v) is 2.77. The third kappa shape index (κ3) is 86.4. The summed E-state index contributed by atoms with van der Waals surface area (Å²) in [6, 6.07) is 0. The van der Waals surface area contributed by atoms with E-state index in [-0.39, 0.29) is 53.1 Å². The monoisotopic (exact) mass is 419 g/mol. The zero-order chi connectivity index (χ0) is 4.50. The molecule has 1 N–H and O–H groups in total. The fourth-order valence-electron chi connectivity index (χ4n) is 0. The summed E-state index contributed by atoms with van der Waals surface area (Å²) in [7, 11) is -3.67. The Hall–Kier alpha value is 1.70. The number of hydrogen-bond donors (Lipinski definition) is 1. The van der Waals surface area contributed by atoms with Crippen LogP contribution in [-0.4, -0.2) is 72.4 Å². The Labute approximate surface area is 81.6 Å². The van der Waals surface area contributed by atoms with Crippen LogP contribution in [0.5, 0.6) is 0 Å². The molecule has 3 nitrogen and oxygen atoms in total. The van der Waals surface area contributed by atoms with Gasteiger partial charge in [-0.2, -0.15) is 8.42 Å². The SMILES string of the molecule is CS(=O)(=O)O.[In].[Pb]. The molecule has 39 valence electrons. The molecule has 0 rings (SSSR count). The minimum absolute atomic E-state index is 0. The van der Waals surface area contributed by atoms with Crippen molar-refractivity contribution in [2.24, 2.45) is 0 Å². The summed E-state index contributed by atoms with van der Waals surface area (Å²) < 4.78 is 25.9. The predicted molar refractivity (Wildman–Crippen MR) is 29.0 cm³/mol. The van der Waals surface area contributed by atoms with Crippen molar-refractivity contribution in [3.63, 3.8) is 0 Å². The minimum atomic E-state index is -3.67. The fourth-order valence-corrected chi connectivity index (χ4v) is 0. The molecule has 0 atom stereocenters. The van der Waals surface area contributed by atoms with Crippen LogP contribution in [0, 0.1) is 0 Å². The zero-order valence-electron chi connectivity index (χ0n) is 3.75. The second-order valence-corrected chi connectivity index (χ2v) is 2.20. The summed E-state index contributed by atoms with van der Waals surface area (Å²) in [5.41, 5.74) is 0. The zero-order valence-corrected chi connectivity index (χ0v) is 11.7. The Balaban J connectivity index is -0.0000000800. The molecule has 0 aliphatic heterocycles. The molecule has 0 unspecified atom stereocenters. The Kier molecular flexibility index (Phi) is 13.2. The largest absolute Gasteiger partial charge is 0.286 e. The van der Waals surface area contributed by atoms with Gasteiger partial charge in [0.1, 0.15) is 0 Å². The molecule has 0 fully saturated rings. The summed E-state index contributed by atoms with van der Waals surface area (Å²) in [6.07, 6.45) is 0.715. The van der Waals surface area contributed by atoms with E-state index < -0.39 is 10.1 Å². The topological polar surface area (TPSA) is 54.4 Å². The normalized spacial score (nSPS) is 8.29. The molecule has 0 aromatic rings. The van der Waals surface area contributed by atoms with Crippen molar-refractivity contribution in [2.75, 3.05) is 6.26 Å². The van der Waals surface area contributed by atoms with E-state index >= 15 is 0 Å².